The summed E-state index contributed by atoms with van der Waals surface area (Å²) < 4.78 is 39.4. The quantitative estimate of drug-likeness (QED) is 0.352. The lowest BCUT2D eigenvalue weighted by molar-refractivity contribution is -0.272. The molecule has 1 heterocycles. The second kappa shape index (κ2) is 4.29. The van der Waals surface area contributed by atoms with Crippen LogP contribution in [0.3, 0.4) is 0 Å². The molecule has 90 valence electrons. The van der Waals surface area contributed by atoms with Crippen LogP contribution in [-0.4, -0.2) is 59.0 Å². The van der Waals surface area contributed by atoms with Crippen LogP contribution >= 0.6 is 0 Å². The number of ether oxygens (including phenoxy) is 1. The van der Waals surface area contributed by atoms with Crippen LogP contribution in [0.4, 0.5) is 0 Å². The van der Waals surface area contributed by atoms with E-state index in [1.54, 1.807) is 0 Å². The van der Waals surface area contributed by atoms with Gasteiger partial charge in [-0.25, -0.2) is 8.42 Å². The molecule has 15 heavy (non-hydrogen) atoms. The Morgan fingerprint density at radius 2 is 1.80 bits per heavy atom. The summed E-state index contributed by atoms with van der Waals surface area (Å²) in [5.74, 6) is 0. The van der Waals surface area contributed by atoms with Crippen LogP contribution in [0.15, 0.2) is 0 Å². The Hall–Kier alpha value is -0.290. The zero-order valence-corrected chi connectivity index (χ0v) is 8.49. The van der Waals surface area contributed by atoms with Gasteiger partial charge in [0.1, 0.15) is 18.3 Å². The van der Waals surface area contributed by atoms with Gasteiger partial charge in [0.25, 0.3) is 0 Å². The molecule has 5 atom stereocenters. The molecule has 9 heteroatoms. The van der Waals surface area contributed by atoms with Gasteiger partial charge in [-0.3, -0.25) is 4.18 Å². The van der Waals surface area contributed by atoms with Crippen molar-refractivity contribution in [3.05, 3.63) is 0 Å². The van der Waals surface area contributed by atoms with Crippen molar-refractivity contribution < 1.29 is 37.2 Å². The van der Waals surface area contributed by atoms with Gasteiger partial charge in [-0.2, -0.15) is 0 Å². The monoisotopic (exact) mass is 243 g/mol. The molecular weight excluding hydrogens is 232 g/mol. The van der Waals surface area contributed by atoms with Crippen molar-refractivity contribution in [3.63, 3.8) is 0 Å². The molecule has 0 bridgehead atoms. The van der Waals surface area contributed by atoms with Gasteiger partial charge in [0.15, 0.2) is 6.29 Å². The Morgan fingerprint density at radius 3 is 2.27 bits per heavy atom. The van der Waals surface area contributed by atoms with Crippen molar-refractivity contribution in [2.45, 2.75) is 37.6 Å². The van der Waals surface area contributed by atoms with E-state index in [0.717, 1.165) is 0 Å². The molecule has 0 radical (unpaired) electrons. The highest BCUT2D eigenvalue weighted by Crippen LogP contribution is 2.22. The van der Waals surface area contributed by atoms with Crippen LogP contribution < -0.4 is 0 Å². The number of hydrogen-bond acceptors (Lipinski definition) is 8. The molecule has 1 rings (SSSR count). The van der Waals surface area contributed by atoms with Crippen LogP contribution in [0, 0.1) is 0 Å². The van der Waals surface area contributed by atoms with E-state index in [-0.39, 0.29) is 0 Å². The first-order valence-electron chi connectivity index (χ1n) is 4.06. The largest absolute Gasteiger partial charge is 0.726 e. The Kier molecular flexibility index (Phi) is 3.66. The second-order valence-corrected chi connectivity index (χ2v) is 4.19. The molecule has 3 N–H and O–H groups in total. The number of hydrogen-bond donors (Lipinski definition) is 3. The van der Waals surface area contributed by atoms with Crippen molar-refractivity contribution in [1.29, 1.82) is 0 Å². The topological polar surface area (TPSA) is 136 Å². The predicted molar refractivity (Wildman–Crippen MR) is 43.1 cm³/mol. The van der Waals surface area contributed by atoms with Crippen LogP contribution in [0.2, 0.25) is 0 Å². The number of aliphatic hydroxyl groups excluding tert-OH is 3. The third-order valence-corrected chi connectivity index (χ3v) is 2.49. The molecule has 8 nitrogen and oxygen atoms in total. The Bertz CT molecular complexity index is 299. The van der Waals surface area contributed by atoms with Gasteiger partial charge in [-0.05, 0) is 6.92 Å². The van der Waals surface area contributed by atoms with Gasteiger partial charge in [0, 0.05) is 0 Å². The van der Waals surface area contributed by atoms with Gasteiger partial charge >= 0.3 is 0 Å². The maximum atomic E-state index is 10.3. The highest BCUT2D eigenvalue weighted by molar-refractivity contribution is 7.80. The molecule has 0 spiro atoms. The summed E-state index contributed by atoms with van der Waals surface area (Å²) >= 11 is 0. The standard InChI is InChI=1S/C6H12O8S/c1-2-3(7)5(14-15(10,11)12)4(8)6(9)13-2/h2-9H,1H3,(H,10,11,12)/p-1/t2-,3+,4-,5+,6-/m0/s1. The summed E-state index contributed by atoms with van der Waals surface area (Å²) in [6.45, 7) is 1.33. The molecule has 1 aliphatic rings. The van der Waals surface area contributed by atoms with Crippen LogP contribution in [-0.2, 0) is 19.3 Å². The zero-order chi connectivity index (χ0) is 11.8. The van der Waals surface area contributed by atoms with E-state index in [0.29, 0.717) is 0 Å². The minimum atomic E-state index is -5.07. The molecule has 0 aromatic carbocycles. The van der Waals surface area contributed by atoms with Crippen molar-refractivity contribution in [2.24, 2.45) is 0 Å². The summed E-state index contributed by atoms with van der Waals surface area (Å²) in [7, 11) is -5.07. The molecule has 1 saturated heterocycles. The highest BCUT2D eigenvalue weighted by atomic mass is 32.3. The van der Waals surface area contributed by atoms with Gasteiger partial charge < -0.3 is 24.6 Å². The second-order valence-electron chi connectivity index (χ2n) is 3.18. The van der Waals surface area contributed by atoms with E-state index in [2.05, 4.69) is 8.92 Å². The van der Waals surface area contributed by atoms with Crippen LogP contribution in [0.25, 0.3) is 0 Å². The zero-order valence-electron chi connectivity index (χ0n) is 7.68. The lowest BCUT2D eigenvalue weighted by Crippen LogP contribution is -2.58. The molecule has 0 aliphatic carbocycles. The summed E-state index contributed by atoms with van der Waals surface area (Å²) in [5, 5.41) is 27.7. The average Bonchev–Trinajstić information content (AvgIpc) is 2.08. The molecular formula is C6H11O8S-. The lowest BCUT2D eigenvalue weighted by atomic mass is 10.0. The molecule has 0 amide bonds. The predicted octanol–water partition coefficient (Wildman–Crippen LogP) is -2.71. The first-order valence-corrected chi connectivity index (χ1v) is 5.39. The SMILES string of the molecule is C[C@@H]1O[C@H](O)[C@@H](O)[C@H](OS(=O)(=O)[O-])[C@@H]1O. The third-order valence-electron chi connectivity index (χ3n) is 2.03. The van der Waals surface area contributed by atoms with Crippen LogP contribution in [0.1, 0.15) is 6.92 Å². The van der Waals surface area contributed by atoms with Gasteiger partial charge in [-0.1, -0.05) is 0 Å². The normalized spacial score (nSPS) is 42.9. The minimum absolute atomic E-state index is 0.963. The summed E-state index contributed by atoms with van der Waals surface area (Å²) in [5.41, 5.74) is 0. The molecule has 0 aromatic heterocycles. The van der Waals surface area contributed by atoms with E-state index in [1.807, 2.05) is 0 Å². The number of aliphatic hydroxyl groups is 3. The van der Waals surface area contributed by atoms with E-state index < -0.39 is 41.1 Å². The van der Waals surface area contributed by atoms with E-state index >= 15 is 0 Å². The van der Waals surface area contributed by atoms with Crippen molar-refractivity contribution in [2.75, 3.05) is 0 Å². The van der Waals surface area contributed by atoms with Gasteiger partial charge in [-0.15, -0.1) is 0 Å². The fraction of sp³-hybridized carbons (Fsp3) is 1.00. The van der Waals surface area contributed by atoms with E-state index in [9.17, 15) is 23.2 Å². The molecule has 0 aromatic rings. The van der Waals surface area contributed by atoms with E-state index in [4.69, 9.17) is 5.11 Å². The number of rotatable bonds is 2. The van der Waals surface area contributed by atoms with E-state index in [1.165, 1.54) is 6.92 Å². The lowest BCUT2D eigenvalue weighted by Gasteiger charge is -2.39. The smallest absolute Gasteiger partial charge is 0.218 e. The first-order chi connectivity index (χ1) is 6.72. The van der Waals surface area contributed by atoms with Crippen molar-refractivity contribution >= 4 is 10.4 Å². The third kappa shape index (κ3) is 3.08. The highest BCUT2D eigenvalue weighted by Gasteiger charge is 2.44. The Balaban J connectivity index is 2.82. The summed E-state index contributed by atoms with van der Waals surface area (Å²) in [6.07, 6.45) is -7.73. The fourth-order valence-electron chi connectivity index (χ4n) is 1.26. The summed E-state index contributed by atoms with van der Waals surface area (Å²) in [6, 6.07) is 0. The maximum Gasteiger partial charge on any atom is 0.218 e. The molecule has 1 aliphatic heterocycles. The summed E-state index contributed by atoms with van der Waals surface area (Å²) in [4.78, 5) is 0. The van der Waals surface area contributed by atoms with Gasteiger partial charge in [0.2, 0.25) is 10.4 Å². The molecule has 1 fully saturated rings. The fourth-order valence-corrected chi connectivity index (χ4v) is 1.76. The van der Waals surface area contributed by atoms with Gasteiger partial charge in [0.05, 0.1) is 6.10 Å². The van der Waals surface area contributed by atoms with Crippen molar-refractivity contribution in [1.82, 2.24) is 0 Å². The molecule has 0 unspecified atom stereocenters. The Morgan fingerprint density at radius 1 is 1.27 bits per heavy atom. The average molecular weight is 243 g/mol. The maximum absolute atomic E-state index is 10.3. The molecule has 0 saturated carbocycles. The Labute approximate surface area is 86.0 Å². The minimum Gasteiger partial charge on any atom is -0.726 e. The first kappa shape index (κ1) is 12.8. The van der Waals surface area contributed by atoms with Crippen molar-refractivity contribution in [3.8, 4) is 0 Å². The van der Waals surface area contributed by atoms with Crippen LogP contribution in [0.5, 0.6) is 0 Å².